The van der Waals surface area contributed by atoms with Gasteiger partial charge in [0.25, 0.3) is 11.8 Å². The molecule has 3 aliphatic rings. The van der Waals surface area contributed by atoms with Crippen LogP contribution in [-0.4, -0.2) is 39.4 Å². The van der Waals surface area contributed by atoms with Gasteiger partial charge in [0.15, 0.2) is 0 Å². The summed E-state index contributed by atoms with van der Waals surface area (Å²) >= 11 is 0. The molecule has 1 saturated heterocycles. The molecule has 0 spiro atoms. The average molecular weight is 536 g/mol. The first-order valence-electron chi connectivity index (χ1n) is 13.3. The number of hydrogen-bond acceptors (Lipinski definition) is 7. The third kappa shape index (κ3) is 3.97. The van der Waals surface area contributed by atoms with Gasteiger partial charge >= 0.3 is 5.97 Å². The molecule has 5 atom stereocenters. The summed E-state index contributed by atoms with van der Waals surface area (Å²) < 4.78 is 11.6. The fourth-order valence-corrected chi connectivity index (χ4v) is 6.28. The SMILES string of the molecule is CC1(C)C([C@@H]2N(N3C(=O)c4ccccc4C3=O)C2(C)C)[C@H]1C(=O)O[C@H](C#N)c1cccc(Oc2ccccc2)c1. The van der Waals surface area contributed by atoms with Gasteiger partial charge in [-0.3, -0.25) is 14.4 Å². The number of carbonyl (C=O) groups excluding carboxylic acids is 3. The van der Waals surface area contributed by atoms with Crippen LogP contribution in [-0.2, 0) is 9.53 Å². The van der Waals surface area contributed by atoms with Crippen LogP contribution in [0, 0.1) is 28.6 Å². The van der Waals surface area contributed by atoms with E-state index in [1.165, 1.54) is 5.01 Å². The Labute approximate surface area is 232 Å². The van der Waals surface area contributed by atoms with E-state index < -0.39 is 28.9 Å². The van der Waals surface area contributed by atoms with E-state index in [9.17, 15) is 19.6 Å². The van der Waals surface area contributed by atoms with Crippen LogP contribution in [0.15, 0.2) is 78.9 Å². The van der Waals surface area contributed by atoms with E-state index in [2.05, 4.69) is 6.07 Å². The minimum absolute atomic E-state index is 0.161. The molecule has 6 rings (SSSR count). The molecule has 0 N–H and O–H groups in total. The van der Waals surface area contributed by atoms with Gasteiger partial charge in [0.05, 0.1) is 28.6 Å². The Hall–Kier alpha value is -4.48. The van der Waals surface area contributed by atoms with E-state index in [0.29, 0.717) is 28.2 Å². The minimum Gasteiger partial charge on any atom is -0.457 e. The molecule has 0 aromatic heterocycles. The first-order valence-corrected chi connectivity index (χ1v) is 13.3. The van der Waals surface area contributed by atoms with Crippen molar-refractivity contribution in [3.8, 4) is 17.6 Å². The number of para-hydroxylation sites is 1. The van der Waals surface area contributed by atoms with Crippen LogP contribution in [0.3, 0.4) is 0 Å². The van der Waals surface area contributed by atoms with E-state index in [-0.39, 0.29) is 23.8 Å². The van der Waals surface area contributed by atoms with E-state index in [0.717, 1.165) is 0 Å². The summed E-state index contributed by atoms with van der Waals surface area (Å²) in [4.78, 5) is 39.8. The molecule has 40 heavy (non-hydrogen) atoms. The highest BCUT2D eigenvalue weighted by Gasteiger charge is 2.77. The van der Waals surface area contributed by atoms with Crippen LogP contribution in [0.1, 0.15) is 60.1 Å². The summed E-state index contributed by atoms with van der Waals surface area (Å²) in [5.74, 6) is -0.640. The van der Waals surface area contributed by atoms with Gasteiger partial charge in [0.1, 0.15) is 17.6 Å². The summed E-state index contributed by atoms with van der Waals surface area (Å²) in [6.45, 7) is 7.89. The van der Waals surface area contributed by atoms with Crippen LogP contribution in [0.25, 0.3) is 0 Å². The van der Waals surface area contributed by atoms with Crippen LogP contribution in [0.2, 0.25) is 0 Å². The summed E-state index contributed by atoms with van der Waals surface area (Å²) in [5.41, 5.74) is 0.330. The van der Waals surface area contributed by atoms with Gasteiger partial charge in [0.2, 0.25) is 6.10 Å². The Morgan fingerprint density at radius 3 is 2.10 bits per heavy atom. The van der Waals surface area contributed by atoms with Gasteiger partial charge in [-0.15, -0.1) is 0 Å². The number of amides is 2. The first-order chi connectivity index (χ1) is 19.1. The van der Waals surface area contributed by atoms with Crippen molar-refractivity contribution in [2.24, 2.45) is 17.3 Å². The molecule has 8 heteroatoms. The van der Waals surface area contributed by atoms with Gasteiger partial charge in [0, 0.05) is 5.56 Å². The van der Waals surface area contributed by atoms with Crippen LogP contribution in [0.4, 0.5) is 0 Å². The van der Waals surface area contributed by atoms with Crippen molar-refractivity contribution in [2.75, 3.05) is 0 Å². The maximum Gasteiger partial charge on any atom is 0.311 e. The van der Waals surface area contributed by atoms with Crippen LogP contribution >= 0.6 is 0 Å². The number of esters is 1. The summed E-state index contributed by atoms with van der Waals surface area (Å²) in [5, 5.41) is 12.9. The van der Waals surface area contributed by atoms with Gasteiger partial charge in [-0.2, -0.15) is 10.3 Å². The predicted octanol–water partition coefficient (Wildman–Crippen LogP) is 5.53. The van der Waals surface area contributed by atoms with Crippen molar-refractivity contribution in [2.45, 2.75) is 45.4 Å². The molecule has 2 heterocycles. The topological polar surface area (TPSA) is 99.7 Å². The number of fused-ring (bicyclic) bond motifs is 1. The van der Waals surface area contributed by atoms with Gasteiger partial charge in [-0.1, -0.05) is 56.3 Å². The maximum atomic E-state index is 13.5. The smallest absolute Gasteiger partial charge is 0.311 e. The number of benzene rings is 3. The third-order valence-electron chi connectivity index (χ3n) is 8.49. The minimum atomic E-state index is -1.11. The van der Waals surface area contributed by atoms with Crippen molar-refractivity contribution in [3.63, 3.8) is 0 Å². The van der Waals surface area contributed by atoms with E-state index in [4.69, 9.17) is 9.47 Å². The Bertz CT molecular complexity index is 1540. The second-order valence-electron chi connectivity index (χ2n) is 11.7. The number of hydrazine groups is 1. The lowest BCUT2D eigenvalue weighted by Crippen LogP contribution is -2.38. The lowest BCUT2D eigenvalue weighted by Gasteiger charge is -2.18. The number of nitriles is 1. The predicted molar refractivity (Wildman–Crippen MR) is 145 cm³/mol. The zero-order valence-corrected chi connectivity index (χ0v) is 22.7. The van der Waals surface area contributed by atoms with Crippen molar-refractivity contribution < 1.29 is 23.9 Å². The van der Waals surface area contributed by atoms with Gasteiger partial charge in [-0.25, -0.2) is 5.01 Å². The lowest BCUT2D eigenvalue weighted by atomic mass is 10.0. The third-order valence-corrected chi connectivity index (χ3v) is 8.49. The zero-order chi connectivity index (χ0) is 28.4. The van der Waals surface area contributed by atoms with E-state index in [1.807, 2.05) is 58.0 Å². The summed E-state index contributed by atoms with van der Waals surface area (Å²) in [6, 6.07) is 24.9. The monoisotopic (exact) mass is 535 g/mol. The number of ether oxygens (including phenoxy) is 2. The highest BCUT2D eigenvalue weighted by Crippen LogP contribution is 2.68. The lowest BCUT2D eigenvalue weighted by molar-refractivity contribution is -0.149. The fourth-order valence-electron chi connectivity index (χ4n) is 6.28. The molecule has 2 amide bonds. The number of nitrogens with zero attached hydrogens (tertiary/aromatic N) is 3. The number of hydrogen-bond donors (Lipinski definition) is 0. The number of carbonyl (C=O) groups is 3. The number of rotatable bonds is 7. The van der Waals surface area contributed by atoms with Crippen LogP contribution < -0.4 is 4.74 Å². The molecule has 3 aromatic carbocycles. The zero-order valence-electron chi connectivity index (χ0n) is 22.7. The molecule has 0 radical (unpaired) electrons. The molecule has 2 fully saturated rings. The maximum absolute atomic E-state index is 13.5. The standard InChI is InChI=1S/C32H29N3O5/c1-31(2)25(27-32(3,4)35(27)34-28(36)22-15-8-9-16-23(22)29(34)37)26(31)30(38)40-24(18-33)19-11-10-14-21(17-19)39-20-12-6-5-7-13-20/h5-17,24-27H,1-4H3/t24-,25?,26+,27+,35?/m1/s1. The van der Waals surface area contributed by atoms with Crippen LogP contribution in [0.5, 0.6) is 11.5 Å². The molecule has 1 saturated carbocycles. The molecule has 1 aliphatic carbocycles. The molecule has 202 valence electrons. The Morgan fingerprint density at radius 1 is 0.875 bits per heavy atom. The molecule has 3 aromatic rings. The Kier molecular flexibility index (Phi) is 5.82. The highest BCUT2D eigenvalue weighted by molar-refractivity contribution is 6.21. The van der Waals surface area contributed by atoms with Crippen molar-refractivity contribution in [1.29, 1.82) is 5.26 Å². The van der Waals surface area contributed by atoms with Crippen molar-refractivity contribution >= 4 is 17.8 Å². The first kappa shape index (κ1) is 25.8. The normalized spacial score (nSPS) is 25.9. The Morgan fingerprint density at radius 2 is 1.48 bits per heavy atom. The quantitative estimate of drug-likeness (QED) is 0.223. The molecule has 8 nitrogen and oxygen atoms in total. The number of imide groups is 1. The average Bonchev–Trinajstić information content (AvgIpc) is 3.67. The fraction of sp³-hybridized carbons (Fsp3) is 0.312. The summed E-state index contributed by atoms with van der Waals surface area (Å²) in [7, 11) is 0. The molecule has 0 bridgehead atoms. The van der Waals surface area contributed by atoms with Gasteiger partial charge in [-0.05, 0) is 61.6 Å². The van der Waals surface area contributed by atoms with Crippen molar-refractivity contribution in [3.05, 3.63) is 95.6 Å². The molecule has 2 unspecified atom stereocenters. The largest absolute Gasteiger partial charge is 0.457 e. The molecular formula is C32H29N3O5. The van der Waals surface area contributed by atoms with Gasteiger partial charge < -0.3 is 9.47 Å². The highest BCUT2D eigenvalue weighted by atomic mass is 16.5. The Balaban J connectivity index is 1.18. The second-order valence-corrected chi connectivity index (χ2v) is 11.7. The van der Waals surface area contributed by atoms with E-state index >= 15 is 0 Å². The second kappa shape index (κ2) is 9.04. The molecular weight excluding hydrogens is 506 g/mol. The molecule has 2 aliphatic heterocycles. The summed E-state index contributed by atoms with van der Waals surface area (Å²) in [6.07, 6.45) is -1.11. The van der Waals surface area contributed by atoms with E-state index in [1.54, 1.807) is 53.5 Å². The van der Waals surface area contributed by atoms with Crippen molar-refractivity contribution in [1.82, 2.24) is 10.0 Å².